The Bertz CT molecular complexity index is 736. The van der Waals surface area contributed by atoms with Crippen molar-refractivity contribution in [3.63, 3.8) is 0 Å². The molecule has 1 aliphatic heterocycles. The first kappa shape index (κ1) is 19.9. The maximum Gasteiger partial charge on any atom is 0.387 e. The number of piperidine rings is 1. The van der Waals surface area contributed by atoms with E-state index in [2.05, 4.69) is 25.3 Å². The predicted octanol–water partition coefficient (Wildman–Crippen LogP) is 3.19. The van der Waals surface area contributed by atoms with E-state index in [1.54, 1.807) is 18.3 Å². The first-order valence-electron chi connectivity index (χ1n) is 9.34. The van der Waals surface area contributed by atoms with E-state index in [4.69, 9.17) is 0 Å². The summed E-state index contributed by atoms with van der Waals surface area (Å²) in [7, 11) is 0. The molecule has 2 heterocycles. The number of nitrogens with one attached hydrogen (secondary N) is 2. The number of hydrogen-bond donors (Lipinski definition) is 2. The third-order valence-corrected chi connectivity index (χ3v) is 4.65. The second kappa shape index (κ2) is 9.87. The molecule has 6 nitrogen and oxygen atoms in total. The number of carbonyl (C=O) groups excluding carboxylic acids is 1. The van der Waals surface area contributed by atoms with Crippen molar-refractivity contribution in [3.8, 4) is 5.75 Å². The monoisotopic (exact) mass is 390 g/mol. The second-order valence-corrected chi connectivity index (χ2v) is 6.62. The highest BCUT2D eigenvalue weighted by atomic mass is 19.3. The van der Waals surface area contributed by atoms with Crippen LogP contribution < -0.4 is 20.3 Å². The Morgan fingerprint density at radius 3 is 2.57 bits per heavy atom. The summed E-state index contributed by atoms with van der Waals surface area (Å²) in [6.45, 7) is -0.649. The van der Waals surface area contributed by atoms with Crippen LogP contribution in [-0.2, 0) is 6.42 Å². The van der Waals surface area contributed by atoms with E-state index in [9.17, 15) is 13.6 Å². The van der Waals surface area contributed by atoms with Crippen molar-refractivity contribution in [1.82, 2.24) is 15.6 Å². The first-order valence-corrected chi connectivity index (χ1v) is 9.34. The van der Waals surface area contributed by atoms with E-state index < -0.39 is 6.61 Å². The summed E-state index contributed by atoms with van der Waals surface area (Å²) < 4.78 is 28.6. The van der Waals surface area contributed by atoms with Gasteiger partial charge in [-0.2, -0.15) is 8.78 Å². The van der Waals surface area contributed by atoms with Crippen LogP contribution in [0, 0.1) is 0 Å². The van der Waals surface area contributed by atoms with E-state index in [1.165, 1.54) is 12.1 Å². The van der Waals surface area contributed by atoms with Crippen molar-refractivity contribution in [1.29, 1.82) is 0 Å². The summed E-state index contributed by atoms with van der Waals surface area (Å²) in [6.07, 6.45) is 4.14. The highest BCUT2D eigenvalue weighted by Gasteiger charge is 2.21. The van der Waals surface area contributed by atoms with Crippen LogP contribution >= 0.6 is 0 Å². The quantitative estimate of drug-likeness (QED) is 0.762. The number of anilines is 1. The largest absolute Gasteiger partial charge is 0.435 e. The van der Waals surface area contributed by atoms with Crippen LogP contribution in [0.25, 0.3) is 0 Å². The highest BCUT2D eigenvalue weighted by Crippen LogP contribution is 2.17. The second-order valence-electron chi connectivity index (χ2n) is 6.62. The molecule has 0 atom stereocenters. The number of ether oxygens (including phenoxy) is 1. The SMILES string of the molecule is O=C(NCCc1ccc(OC(F)F)cc1)NC1CCN(c2ccccn2)CC1. The minimum Gasteiger partial charge on any atom is -0.435 e. The number of carbonyl (C=O) groups is 1. The Morgan fingerprint density at radius 2 is 1.93 bits per heavy atom. The lowest BCUT2D eigenvalue weighted by atomic mass is 10.1. The zero-order valence-electron chi connectivity index (χ0n) is 15.5. The van der Waals surface area contributed by atoms with Crippen molar-refractivity contribution in [2.75, 3.05) is 24.5 Å². The van der Waals surface area contributed by atoms with Gasteiger partial charge in [-0.1, -0.05) is 18.2 Å². The van der Waals surface area contributed by atoms with Crippen LogP contribution in [0.15, 0.2) is 48.7 Å². The number of hydrogen-bond acceptors (Lipinski definition) is 4. The van der Waals surface area contributed by atoms with Gasteiger partial charge in [-0.25, -0.2) is 9.78 Å². The number of rotatable bonds is 7. The number of amides is 2. The number of urea groups is 1. The van der Waals surface area contributed by atoms with Crippen LogP contribution in [0.1, 0.15) is 18.4 Å². The number of nitrogens with zero attached hydrogens (tertiary/aromatic N) is 2. The van der Waals surface area contributed by atoms with E-state index >= 15 is 0 Å². The minimum atomic E-state index is -2.83. The van der Waals surface area contributed by atoms with Crippen molar-refractivity contribution >= 4 is 11.8 Å². The van der Waals surface area contributed by atoms with Crippen molar-refractivity contribution in [3.05, 3.63) is 54.2 Å². The third-order valence-electron chi connectivity index (χ3n) is 4.65. The molecule has 8 heteroatoms. The highest BCUT2D eigenvalue weighted by molar-refractivity contribution is 5.74. The Labute approximate surface area is 162 Å². The smallest absolute Gasteiger partial charge is 0.387 e. The molecule has 0 unspecified atom stereocenters. The Kier molecular flexibility index (Phi) is 7.00. The van der Waals surface area contributed by atoms with Crippen molar-refractivity contribution < 1.29 is 18.3 Å². The van der Waals surface area contributed by atoms with Crippen molar-refractivity contribution in [2.45, 2.75) is 31.9 Å². The molecule has 1 fully saturated rings. The lowest BCUT2D eigenvalue weighted by Gasteiger charge is -2.33. The van der Waals surface area contributed by atoms with Gasteiger partial charge in [-0.3, -0.25) is 0 Å². The standard InChI is InChI=1S/C20H24F2N4O2/c21-19(22)28-17-6-4-15(5-7-17)8-12-24-20(27)25-16-9-13-26(14-10-16)18-3-1-2-11-23-18/h1-7,11,16,19H,8-10,12-14H2,(H2,24,25,27). The summed E-state index contributed by atoms with van der Waals surface area (Å²) in [5, 5.41) is 5.85. The fourth-order valence-corrected chi connectivity index (χ4v) is 3.19. The normalized spacial score (nSPS) is 14.8. The maximum atomic E-state index is 12.1. The van der Waals surface area contributed by atoms with Crippen LogP contribution in [-0.4, -0.2) is 43.3 Å². The number of alkyl halides is 2. The summed E-state index contributed by atoms with van der Waals surface area (Å²) in [5.74, 6) is 1.09. The molecule has 28 heavy (non-hydrogen) atoms. The van der Waals surface area contributed by atoms with Gasteiger partial charge >= 0.3 is 12.6 Å². The Balaban J connectivity index is 1.34. The summed E-state index contributed by atoms with van der Waals surface area (Å²) in [5.41, 5.74) is 0.936. The van der Waals surface area contributed by atoms with Gasteiger partial charge in [0.25, 0.3) is 0 Å². The molecular weight excluding hydrogens is 366 g/mol. The van der Waals surface area contributed by atoms with Gasteiger partial charge in [0.05, 0.1) is 0 Å². The summed E-state index contributed by atoms with van der Waals surface area (Å²) in [4.78, 5) is 18.7. The van der Waals surface area contributed by atoms with Gasteiger partial charge < -0.3 is 20.3 Å². The topological polar surface area (TPSA) is 66.5 Å². The lowest BCUT2D eigenvalue weighted by Crippen LogP contribution is -2.48. The number of aromatic nitrogens is 1. The lowest BCUT2D eigenvalue weighted by molar-refractivity contribution is -0.0498. The van der Waals surface area contributed by atoms with Gasteiger partial charge in [0.15, 0.2) is 0 Å². The molecule has 0 saturated carbocycles. The molecule has 1 saturated heterocycles. The minimum absolute atomic E-state index is 0.126. The van der Waals surface area contributed by atoms with Crippen molar-refractivity contribution in [2.24, 2.45) is 0 Å². The number of pyridine rings is 1. The zero-order valence-corrected chi connectivity index (χ0v) is 15.5. The molecule has 2 N–H and O–H groups in total. The van der Waals surface area contributed by atoms with Crippen LogP contribution in [0.2, 0.25) is 0 Å². The zero-order chi connectivity index (χ0) is 19.8. The molecule has 1 aromatic carbocycles. The third kappa shape index (κ3) is 6.07. The van der Waals surface area contributed by atoms with Gasteiger partial charge in [0.2, 0.25) is 0 Å². The molecule has 0 spiro atoms. The Hall–Kier alpha value is -2.90. The molecule has 1 aliphatic rings. The molecule has 0 radical (unpaired) electrons. The van der Waals surface area contributed by atoms with Gasteiger partial charge in [-0.15, -0.1) is 0 Å². The van der Waals surface area contributed by atoms with E-state index in [0.717, 1.165) is 37.3 Å². The van der Waals surface area contributed by atoms with E-state index in [1.807, 2.05) is 18.2 Å². The molecule has 0 bridgehead atoms. The molecule has 150 valence electrons. The molecular formula is C20H24F2N4O2. The maximum absolute atomic E-state index is 12.1. The molecule has 2 amide bonds. The molecule has 3 rings (SSSR count). The molecule has 2 aromatic rings. The number of halogens is 2. The summed E-state index contributed by atoms with van der Waals surface area (Å²) >= 11 is 0. The Morgan fingerprint density at radius 1 is 1.18 bits per heavy atom. The average Bonchev–Trinajstić information content (AvgIpc) is 2.70. The van der Waals surface area contributed by atoms with Crippen LogP contribution in [0.5, 0.6) is 5.75 Å². The summed E-state index contributed by atoms with van der Waals surface area (Å²) in [6, 6.07) is 12.2. The molecule has 0 aliphatic carbocycles. The predicted molar refractivity (Wildman–Crippen MR) is 103 cm³/mol. The van der Waals surface area contributed by atoms with Gasteiger partial charge in [0, 0.05) is 31.9 Å². The van der Waals surface area contributed by atoms with Crippen LogP contribution in [0.3, 0.4) is 0 Å². The first-order chi connectivity index (χ1) is 13.6. The van der Waals surface area contributed by atoms with E-state index in [-0.39, 0.29) is 17.8 Å². The van der Waals surface area contributed by atoms with Gasteiger partial charge in [-0.05, 0) is 49.1 Å². The molecule has 1 aromatic heterocycles. The fraction of sp³-hybridized carbons (Fsp3) is 0.400. The van der Waals surface area contributed by atoms with E-state index in [0.29, 0.717) is 13.0 Å². The number of benzene rings is 1. The van der Waals surface area contributed by atoms with Gasteiger partial charge in [0.1, 0.15) is 11.6 Å². The fourth-order valence-electron chi connectivity index (χ4n) is 3.19. The van der Waals surface area contributed by atoms with Crippen LogP contribution in [0.4, 0.5) is 19.4 Å². The average molecular weight is 390 g/mol.